The number of carbonyl (C=O) groups is 1. The summed E-state index contributed by atoms with van der Waals surface area (Å²) in [7, 11) is 0. The lowest BCUT2D eigenvalue weighted by molar-refractivity contribution is -0.113. The SMILES string of the molecule is O=C1CC=CC=C1c1ccc(-c2ccccc2)cc1. The molecule has 0 heterocycles. The van der Waals surface area contributed by atoms with E-state index >= 15 is 0 Å². The molecule has 1 aliphatic carbocycles. The molecule has 92 valence electrons. The predicted molar refractivity (Wildman–Crippen MR) is 78.6 cm³/mol. The van der Waals surface area contributed by atoms with Gasteiger partial charge in [0.25, 0.3) is 0 Å². The van der Waals surface area contributed by atoms with E-state index in [0.717, 1.165) is 11.1 Å². The van der Waals surface area contributed by atoms with E-state index in [1.807, 2.05) is 48.6 Å². The van der Waals surface area contributed by atoms with Crippen LogP contribution in [0.25, 0.3) is 16.7 Å². The zero-order chi connectivity index (χ0) is 13.1. The van der Waals surface area contributed by atoms with Gasteiger partial charge in [-0.15, -0.1) is 0 Å². The van der Waals surface area contributed by atoms with Crippen LogP contribution in [0, 0.1) is 0 Å². The fourth-order valence-electron chi connectivity index (χ4n) is 2.27. The van der Waals surface area contributed by atoms with Crippen molar-refractivity contribution in [1.29, 1.82) is 0 Å². The molecule has 0 unspecified atom stereocenters. The molecule has 0 saturated heterocycles. The molecule has 0 amide bonds. The van der Waals surface area contributed by atoms with Gasteiger partial charge in [-0.2, -0.15) is 0 Å². The maximum atomic E-state index is 11.8. The van der Waals surface area contributed by atoms with E-state index in [9.17, 15) is 4.79 Å². The molecular weight excluding hydrogens is 232 g/mol. The van der Waals surface area contributed by atoms with E-state index in [4.69, 9.17) is 0 Å². The lowest BCUT2D eigenvalue weighted by Crippen LogP contribution is -2.02. The molecule has 1 nitrogen and oxygen atoms in total. The second kappa shape index (κ2) is 5.07. The second-order valence-electron chi connectivity index (χ2n) is 4.58. The van der Waals surface area contributed by atoms with E-state index in [1.54, 1.807) is 0 Å². The highest BCUT2D eigenvalue weighted by Crippen LogP contribution is 2.24. The first-order valence-corrected chi connectivity index (χ1v) is 6.40. The predicted octanol–water partition coefficient (Wildman–Crippen LogP) is 4.27. The van der Waals surface area contributed by atoms with Gasteiger partial charge < -0.3 is 0 Å². The van der Waals surface area contributed by atoms with Gasteiger partial charge in [-0.25, -0.2) is 0 Å². The number of Topliss-reactive ketones (excluding diaryl/α,β-unsaturated/α-hetero) is 1. The molecule has 0 atom stereocenters. The molecule has 0 radical (unpaired) electrons. The van der Waals surface area contributed by atoms with E-state index in [1.165, 1.54) is 11.1 Å². The molecule has 0 bridgehead atoms. The van der Waals surface area contributed by atoms with Gasteiger partial charge in [-0.05, 0) is 16.7 Å². The van der Waals surface area contributed by atoms with Crippen molar-refractivity contribution in [2.24, 2.45) is 0 Å². The van der Waals surface area contributed by atoms with Crippen LogP contribution in [0.4, 0.5) is 0 Å². The first-order valence-electron chi connectivity index (χ1n) is 6.40. The van der Waals surface area contributed by atoms with E-state index in [0.29, 0.717) is 6.42 Å². The molecule has 0 fully saturated rings. The summed E-state index contributed by atoms with van der Waals surface area (Å²) in [5.74, 6) is 0.190. The number of ketones is 1. The van der Waals surface area contributed by atoms with Crippen LogP contribution in [-0.4, -0.2) is 5.78 Å². The Morgan fingerprint density at radius 2 is 1.37 bits per heavy atom. The van der Waals surface area contributed by atoms with Crippen molar-refractivity contribution in [3.63, 3.8) is 0 Å². The van der Waals surface area contributed by atoms with Crippen LogP contribution in [0.1, 0.15) is 12.0 Å². The van der Waals surface area contributed by atoms with Gasteiger partial charge in [0, 0.05) is 12.0 Å². The summed E-state index contributed by atoms with van der Waals surface area (Å²) in [6.07, 6.45) is 6.24. The maximum absolute atomic E-state index is 11.8. The topological polar surface area (TPSA) is 17.1 Å². The number of benzene rings is 2. The molecule has 1 heteroatoms. The lowest BCUT2D eigenvalue weighted by Gasteiger charge is -2.09. The van der Waals surface area contributed by atoms with Gasteiger partial charge in [0.2, 0.25) is 0 Å². The molecule has 19 heavy (non-hydrogen) atoms. The Morgan fingerprint density at radius 3 is 2.05 bits per heavy atom. The minimum atomic E-state index is 0.190. The smallest absolute Gasteiger partial charge is 0.167 e. The lowest BCUT2D eigenvalue weighted by atomic mass is 9.94. The number of rotatable bonds is 2. The molecule has 2 aromatic rings. The van der Waals surface area contributed by atoms with Crippen molar-refractivity contribution in [3.05, 3.63) is 78.4 Å². The van der Waals surface area contributed by atoms with Crippen molar-refractivity contribution >= 4 is 11.4 Å². The Morgan fingerprint density at radius 1 is 0.737 bits per heavy atom. The van der Waals surface area contributed by atoms with Gasteiger partial charge in [-0.3, -0.25) is 4.79 Å². The Labute approximate surface area is 112 Å². The third-order valence-corrected chi connectivity index (χ3v) is 3.31. The number of hydrogen-bond acceptors (Lipinski definition) is 1. The van der Waals surface area contributed by atoms with Gasteiger partial charge >= 0.3 is 0 Å². The van der Waals surface area contributed by atoms with Crippen molar-refractivity contribution in [3.8, 4) is 11.1 Å². The monoisotopic (exact) mass is 246 g/mol. The third-order valence-electron chi connectivity index (χ3n) is 3.31. The van der Waals surface area contributed by atoms with Crippen LogP contribution >= 0.6 is 0 Å². The summed E-state index contributed by atoms with van der Waals surface area (Å²) in [5.41, 5.74) is 4.16. The summed E-state index contributed by atoms with van der Waals surface area (Å²) < 4.78 is 0. The van der Waals surface area contributed by atoms with Crippen LogP contribution in [0.5, 0.6) is 0 Å². The molecule has 1 aliphatic rings. The Balaban J connectivity index is 1.93. The van der Waals surface area contributed by atoms with Gasteiger partial charge in [-0.1, -0.05) is 72.8 Å². The molecule has 0 N–H and O–H groups in total. The van der Waals surface area contributed by atoms with E-state index in [2.05, 4.69) is 24.3 Å². The third kappa shape index (κ3) is 2.41. The highest BCUT2D eigenvalue weighted by atomic mass is 16.1. The largest absolute Gasteiger partial charge is 0.294 e. The highest BCUT2D eigenvalue weighted by molar-refractivity contribution is 6.22. The zero-order valence-corrected chi connectivity index (χ0v) is 10.5. The van der Waals surface area contributed by atoms with Crippen LogP contribution in [0.2, 0.25) is 0 Å². The second-order valence-corrected chi connectivity index (χ2v) is 4.58. The number of hydrogen-bond donors (Lipinski definition) is 0. The summed E-state index contributed by atoms with van der Waals surface area (Å²) in [5, 5.41) is 0. The minimum absolute atomic E-state index is 0.190. The average molecular weight is 246 g/mol. The summed E-state index contributed by atoms with van der Waals surface area (Å²) in [4.78, 5) is 11.8. The van der Waals surface area contributed by atoms with Gasteiger partial charge in [0.05, 0.1) is 0 Å². The summed E-state index contributed by atoms with van der Waals surface area (Å²) in [6.45, 7) is 0. The Kier molecular flexibility index (Phi) is 3.11. The Bertz CT molecular complexity index is 646. The van der Waals surface area contributed by atoms with Crippen LogP contribution in [-0.2, 0) is 4.79 Å². The number of carbonyl (C=O) groups excluding carboxylic acids is 1. The molecule has 0 spiro atoms. The summed E-state index contributed by atoms with van der Waals surface area (Å²) in [6, 6.07) is 18.4. The minimum Gasteiger partial charge on any atom is -0.294 e. The zero-order valence-electron chi connectivity index (χ0n) is 10.5. The van der Waals surface area contributed by atoms with Crippen molar-refractivity contribution in [1.82, 2.24) is 0 Å². The van der Waals surface area contributed by atoms with Crippen LogP contribution in [0.3, 0.4) is 0 Å². The quantitative estimate of drug-likeness (QED) is 0.773. The fourth-order valence-corrected chi connectivity index (χ4v) is 2.27. The van der Waals surface area contributed by atoms with Crippen molar-refractivity contribution < 1.29 is 4.79 Å². The van der Waals surface area contributed by atoms with Crippen molar-refractivity contribution in [2.75, 3.05) is 0 Å². The first kappa shape index (κ1) is 11.7. The van der Waals surface area contributed by atoms with Crippen molar-refractivity contribution in [2.45, 2.75) is 6.42 Å². The van der Waals surface area contributed by atoms with E-state index in [-0.39, 0.29) is 5.78 Å². The molecule has 0 aromatic heterocycles. The molecule has 0 saturated carbocycles. The number of allylic oxidation sites excluding steroid dienone is 4. The molecule has 2 aromatic carbocycles. The normalized spacial score (nSPS) is 14.3. The van der Waals surface area contributed by atoms with E-state index < -0.39 is 0 Å². The standard InChI is InChI=1S/C18H14O/c19-18-9-5-4-8-17(18)16-12-10-15(11-13-16)14-6-2-1-3-7-14/h1-8,10-13H,9H2. The average Bonchev–Trinajstić information content (AvgIpc) is 2.49. The fraction of sp³-hybridized carbons (Fsp3) is 0.0556. The van der Waals surface area contributed by atoms with Crippen LogP contribution < -0.4 is 0 Å². The van der Waals surface area contributed by atoms with Gasteiger partial charge in [0.1, 0.15) is 0 Å². The summed E-state index contributed by atoms with van der Waals surface area (Å²) >= 11 is 0. The highest BCUT2D eigenvalue weighted by Gasteiger charge is 2.12. The molecule has 3 rings (SSSR count). The molecule has 0 aliphatic heterocycles. The van der Waals surface area contributed by atoms with Crippen LogP contribution in [0.15, 0.2) is 72.8 Å². The van der Waals surface area contributed by atoms with Gasteiger partial charge in [0.15, 0.2) is 5.78 Å². The maximum Gasteiger partial charge on any atom is 0.167 e. The Hall–Kier alpha value is -2.41. The first-order chi connectivity index (χ1) is 9.34. The molecular formula is C18H14O.